The molecule has 0 saturated carbocycles. The molecule has 0 saturated heterocycles. The van der Waals surface area contributed by atoms with Gasteiger partial charge in [-0.1, -0.05) is 0 Å². The highest BCUT2D eigenvalue weighted by atomic mass is 15.2. The molecule has 0 radical (unpaired) electrons. The fourth-order valence-electron chi connectivity index (χ4n) is 2.28. The molecule has 0 unspecified atom stereocenters. The lowest BCUT2D eigenvalue weighted by molar-refractivity contribution is 0.819. The van der Waals surface area contributed by atoms with E-state index in [1.807, 2.05) is 23.1 Å². The first-order valence-corrected chi connectivity index (χ1v) is 5.74. The molecule has 0 fully saturated rings. The fraction of sp³-hybridized carbons (Fsp3) is 0.333. The van der Waals surface area contributed by atoms with Crippen LogP contribution in [0.2, 0.25) is 0 Å². The van der Waals surface area contributed by atoms with E-state index in [9.17, 15) is 0 Å². The molecule has 0 aliphatic carbocycles. The highest BCUT2D eigenvalue weighted by molar-refractivity contribution is 5.77. The van der Waals surface area contributed by atoms with Crippen molar-refractivity contribution in [3.8, 4) is 0 Å². The van der Waals surface area contributed by atoms with Gasteiger partial charge in [-0.3, -0.25) is 4.40 Å². The Morgan fingerprint density at radius 1 is 1.41 bits per heavy atom. The zero-order valence-corrected chi connectivity index (χ0v) is 10.0. The monoisotopic (exact) mass is 229 g/mol. The average Bonchev–Trinajstić information content (AvgIpc) is 2.81. The van der Waals surface area contributed by atoms with Crippen LogP contribution in [0.5, 0.6) is 0 Å². The van der Waals surface area contributed by atoms with Crippen molar-refractivity contribution in [1.29, 1.82) is 0 Å². The van der Waals surface area contributed by atoms with E-state index < -0.39 is 0 Å². The van der Waals surface area contributed by atoms with Crippen molar-refractivity contribution in [1.82, 2.24) is 14.4 Å². The first-order valence-electron chi connectivity index (χ1n) is 5.74. The number of hydrogen-bond donors (Lipinski definition) is 1. The van der Waals surface area contributed by atoms with Crippen LogP contribution in [-0.2, 0) is 0 Å². The predicted molar refractivity (Wildman–Crippen MR) is 67.7 cm³/mol. The van der Waals surface area contributed by atoms with Crippen molar-refractivity contribution >= 4 is 17.0 Å². The van der Waals surface area contributed by atoms with E-state index in [1.54, 1.807) is 0 Å². The molecule has 2 aromatic rings. The summed E-state index contributed by atoms with van der Waals surface area (Å²) >= 11 is 0. The van der Waals surface area contributed by atoms with Gasteiger partial charge >= 0.3 is 0 Å². The van der Waals surface area contributed by atoms with Gasteiger partial charge < -0.3 is 10.6 Å². The van der Waals surface area contributed by atoms with E-state index in [2.05, 4.69) is 28.7 Å². The molecule has 0 spiro atoms. The third kappa shape index (κ3) is 1.32. The van der Waals surface area contributed by atoms with Crippen LogP contribution in [0.4, 0.5) is 5.82 Å². The zero-order chi connectivity index (χ0) is 12.0. The predicted octanol–water partition coefficient (Wildman–Crippen LogP) is 1.26. The van der Waals surface area contributed by atoms with Crippen molar-refractivity contribution < 1.29 is 0 Å². The molecule has 3 heterocycles. The Morgan fingerprint density at radius 2 is 2.24 bits per heavy atom. The highest BCUT2D eigenvalue weighted by Gasteiger charge is 2.23. The Kier molecular flexibility index (Phi) is 2.07. The fourth-order valence-corrected chi connectivity index (χ4v) is 2.28. The van der Waals surface area contributed by atoms with Gasteiger partial charge in [-0.25, -0.2) is 9.97 Å². The van der Waals surface area contributed by atoms with Crippen LogP contribution in [0.25, 0.3) is 11.2 Å². The minimum atomic E-state index is 0.792. The van der Waals surface area contributed by atoms with E-state index in [-0.39, 0.29) is 0 Å². The van der Waals surface area contributed by atoms with Crippen LogP contribution in [0, 0.1) is 0 Å². The number of nitrogens with zero attached hydrogens (tertiary/aromatic N) is 4. The van der Waals surface area contributed by atoms with Gasteiger partial charge in [0, 0.05) is 13.1 Å². The van der Waals surface area contributed by atoms with Crippen LogP contribution in [0.3, 0.4) is 0 Å². The molecule has 5 heteroatoms. The summed E-state index contributed by atoms with van der Waals surface area (Å²) in [5.74, 6) is 1.05. The topological polar surface area (TPSA) is 59.5 Å². The molecule has 0 amide bonds. The maximum absolute atomic E-state index is 6.12. The summed E-state index contributed by atoms with van der Waals surface area (Å²) in [7, 11) is 0. The van der Waals surface area contributed by atoms with Crippen molar-refractivity contribution in [2.24, 2.45) is 5.73 Å². The van der Waals surface area contributed by atoms with Crippen LogP contribution in [0.1, 0.15) is 19.5 Å². The molecule has 0 bridgehead atoms. The molecule has 17 heavy (non-hydrogen) atoms. The normalized spacial score (nSPS) is 15.5. The largest absolute Gasteiger partial charge is 0.397 e. The molecule has 5 nitrogen and oxygen atoms in total. The smallest absolute Gasteiger partial charge is 0.143 e. The highest BCUT2D eigenvalue weighted by Crippen LogP contribution is 2.30. The molecule has 1 aliphatic heterocycles. The Hall–Kier alpha value is -2.04. The number of imidazole rings is 1. The Labute approximate surface area is 99.6 Å². The van der Waals surface area contributed by atoms with E-state index in [1.165, 1.54) is 5.57 Å². The van der Waals surface area contributed by atoms with Gasteiger partial charge in [-0.2, -0.15) is 0 Å². The molecule has 2 N–H and O–H groups in total. The Morgan fingerprint density at radius 3 is 3.00 bits per heavy atom. The number of aromatic nitrogens is 3. The van der Waals surface area contributed by atoms with Gasteiger partial charge in [0.1, 0.15) is 17.8 Å². The van der Waals surface area contributed by atoms with Gasteiger partial charge in [0.05, 0.1) is 23.6 Å². The van der Waals surface area contributed by atoms with Gasteiger partial charge in [0.25, 0.3) is 0 Å². The van der Waals surface area contributed by atoms with Gasteiger partial charge in [0.15, 0.2) is 0 Å². The summed E-state index contributed by atoms with van der Waals surface area (Å²) in [6.45, 7) is 5.97. The van der Waals surface area contributed by atoms with Crippen molar-refractivity contribution in [3.63, 3.8) is 0 Å². The zero-order valence-electron chi connectivity index (χ0n) is 10.0. The summed E-state index contributed by atoms with van der Waals surface area (Å²) in [5.41, 5.74) is 9.94. The second-order valence-electron chi connectivity index (χ2n) is 4.33. The average molecular weight is 229 g/mol. The Balaban J connectivity index is 2.36. The van der Waals surface area contributed by atoms with Crippen molar-refractivity contribution in [2.45, 2.75) is 13.8 Å². The van der Waals surface area contributed by atoms with E-state index in [0.717, 1.165) is 35.8 Å². The first kappa shape index (κ1) is 10.1. The van der Waals surface area contributed by atoms with E-state index in [0.29, 0.717) is 0 Å². The SMILES string of the molecule is CCN1CC(C)=C(N)c2ncc3cncn3c21. The number of nitrogens with two attached hydrogens (primary N) is 1. The summed E-state index contributed by atoms with van der Waals surface area (Å²) in [6, 6.07) is 0. The van der Waals surface area contributed by atoms with Crippen LogP contribution in [0.15, 0.2) is 24.3 Å². The molecular formula is C12H15N5. The van der Waals surface area contributed by atoms with E-state index >= 15 is 0 Å². The lowest BCUT2D eigenvalue weighted by Gasteiger charge is -2.31. The first-order chi connectivity index (χ1) is 8.22. The minimum absolute atomic E-state index is 0.792. The lowest BCUT2D eigenvalue weighted by Crippen LogP contribution is -2.33. The maximum Gasteiger partial charge on any atom is 0.143 e. The molecule has 0 atom stereocenters. The Bertz CT molecular complexity index is 610. The van der Waals surface area contributed by atoms with Crippen LogP contribution < -0.4 is 10.6 Å². The van der Waals surface area contributed by atoms with Crippen molar-refractivity contribution in [2.75, 3.05) is 18.0 Å². The van der Waals surface area contributed by atoms with Gasteiger partial charge in [0.2, 0.25) is 0 Å². The molecule has 88 valence electrons. The number of likely N-dealkylation sites (N-methyl/N-ethyl adjacent to an activating group) is 1. The lowest BCUT2D eigenvalue weighted by atomic mass is 10.1. The summed E-state index contributed by atoms with van der Waals surface area (Å²) < 4.78 is 2.05. The number of hydrogen-bond acceptors (Lipinski definition) is 4. The number of fused-ring (bicyclic) bond motifs is 3. The maximum atomic E-state index is 6.12. The summed E-state index contributed by atoms with van der Waals surface area (Å²) in [6.07, 6.45) is 5.43. The molecule has 0 aromatic carbocycles. The minimum Gasteiger partial charge on any atom is -0.397 e. The third-order valence-corrected chi connectivity index (χ3v) is 3.26. The van der Waals surface area contributed by atoms with Crippen LogP contribution >= 0.6 is 0 Å². The number of anilines is 1. The molecular weight excluding hydrogens is 214 g/mol. The quantitative estimate of drug-likeness (QED) is 0.799. The molecule has 1 aliphatic rings. The standard InChI is InChI=1S/C12H15N5/c1-3-16-6-8(2)10(13)11-12(16)17-7-14-4-9(17)5-15-11/h4-5,7H,3,6,13H2,1-2H3. The number of rotatable bonds is 1. The molecule has 2 aromatic heterocycles. The second-order valence-corrected chi connectivity index (χ2v) is 4.33. The summed E-state index contributed by atoms with van der Waals surface area (Å²) in [5, 5.41) is 0. The second kappa shape index (κ2) is 3.48. The van der Waals surface area contributed by atoms with Crippen molar-refractivity contribution in [3.05, 3.63) is 30.0 Å². The van der Waals surface area contributed by atoms with Gasteiger partial charge in [-0.05, 0) is 19.4 Å². The summed E-state index contributed by atoms with van der Waals surface area (Å²) in [4.78, 5) is 10.9. The molecule has 3 rings (SSSR count). The van der Waals surface area contributed by atoms with Gasteiger partial charge in [-0.15, -0.1) is 0 Å². The van der Waals surface area contributed by atoms with E-state index in [4.69, 9.17) is 5.73 Å². The van der Waals surface area contributed by atoms with Crippen LogP contribution in [-0.4, -0.2) is 27.5 Å². The third-order valence-electron chi connectivity index (χ3n) is 3.26.